The number of ether oxygens (including phenoxy) is 2. The Morgan fingerprint density at radius 1 is 1.07 bits per heavy atom. The third-order valence-electron chi connectivity index (χ3n) is 3.78. The monoisotopic (exact) mass is 396 g/mol. The fourth-order valence-corrected chi connectivity index (χ4v) is 2.39. The SMILES string of the molecule is Cc1cccc(OCCNC(=O)NC(C)c2ccc(OCC(F)(F)F)cc2)c1. The first kappa shape index (κ1) is 21.4. The first-order valence-electron chi connectivity index (χ1n) is 8.76. The molecule has 0 fully saturated rings. The van der Waals surface area contributed by atoms with E-state index < -0.39 is 12.8 Å². The average molecular weight is 396 g/mol. The fraction of sp³-hybridized carbons (Fsp3) is 0.350. The van der Waals surface area contributed by atoms with Crippen LogP contribution < -0.4 is 20.1 Å². The summed E-state index contributed by atoms with van der Waals surface area (Å²) in [5, 5.41) is 5.45. The van der Waals surface area contributed by atoms with E-state index in [2.05, 4.69) is 15.4 Å². The van der Waals surface area contributed by atoms with Gasteiger partial charge in [0.2, 0.25) is 0 Å². The lowest BCUT2D eigenvalue weighted by molar-refractivity contribution is -0.153. The Hall–Kier alpha value is -2.90. The standard InChI is InChI=1S/C20H23F3N2O3/c1-14-4-3-5-18(12-14)27-11-10-24-19(26)25-15(2)16-6-8-17(9-7-16)28-13-20(21,22)23/h3-9,12,15H,10-11,13H2,1-2H3,(H2,24,25,26). The van der Waals surface area contributed by atoms with Gasteiger partial charge in [-0.3, -0.25) is 0 Å². The van der Waals surface area contributed by atoms with Gasteiger partial charge in [-0.25, -0.2) is 4.79 Å². The molecule has 152 valence electrons. The maximum Gasteiger partial charge on any atom is 0.422 e. The third kappa shape index (κ3) is 7.77. The van der Waals surface area contributed by atoms with Crippen LogP contribution in [0.15, 0.2) is 48.5 Å². The van der Waals surface area contributed by atoms with Crippen molar-refractivity contribution in [1.29, 1.82) is 0 Å². The van der Waals surface area contributed by atoms with Crippen molar-refractivity contribution in [3.8, 4) is 11.5 Å². The molecule has 0 aromatic heterocycles. The van der Waals surface area contributed by atoms with E-state index >= 15 is 0 Å². The fourth-order valence-electron chi connectivity index (χ4n) is 2.39. The van der Waals surface area contributed by atoms with Gasteiger partial charge < -0.3 is 20.1 Å². The van der Waals surface area contributed by atoms with Crippen molar-refractivity contribution in [2.24, 2.45) is 0 Å². The molecule has 0 heterocycles. The van der Waals surface area contributed by atoms with Gasteiger partial charge in [0.1, 0.15) is 18.1 Å². The van der Waals surface area contributed by atoms with E-state index in [0.717, 1.165) is 16.9 Å². The zero-order chi connectivity index (χ0) is 20.6. The van der Waals surface area contributed by atoms with Crippen molar-refractivity contribution in [3.05, 3.63) is 59.7 Å². The number of hydrogen-bond acceptors (Lipinski definition) is 3. The number of carbonyl (C=O) groups is 1. The highest BCUT2D eigenvalue weighted by Crippen LogP contribution is 2.21. The summed E-state index contributed by atoms with van der Waals surface area (Å²) < 4.78 is 46.6. The lowest BCUT2D eigenvalue weighted by Gasteiger charge is -2.16. The second-order valence-electron chi connectivity index (χ2n) is 6.26. The highest BCUT2D eigenvalue weighted by Gasteiger charge is 2.28. The Labute approximate surface area is 161 Å². The molecule has 0 spiro atoms. The molecular formula is C20H23F3N2O3. The Morgan fingerprint density at radius 2 is 1.79 bits per heavy atom. The number of aryl methyl sites for hydroxylation is 1. The number of amides is 2. The smallest absolute Gasteiger partial charge is 0.422 e. The van der Waals surface area contributed by atoms with Crippen LogP contribution in [-0.2, 0) is 0 Å². The number of rotatable bonds is 8. The van der Waals surface area contributed by atoms with Gasteiger partial charge in [-0.15, -0.1) is 0 Å². The summed E-state index contributed by atoms with van der Waals surface area (Å²) >= 11 is 0. The van der Waals surface area contributed by atoms with Crippen molar-refractivity contribution in [3.63, 3.8) is 0 Å². The number of halogens is 3. The number of hydrogen-bond donors (Lipinski definition) is 2. The number of carbonyl (C=O) groups excluding carboxylic acids is 1. The zero-order valence-corrected chi connectivity index (χ0v) is 15.7. The summed E-state index contributed by atoms with van der Waals surface area (Å²) in [6.45, 7) is 3.06. The van der Waals surface area contributed by atoms with Gasteiger partial charge >= 0.3 is 12.2 Å². The Balaban J connectivity index is 1.71. The van der Waals surface area contributed by atoms with E-state index in [9.17, 15) is 18.0 Å². The molecule has 2 amide bonds. The predicted molar refractivity (Wildman–Crippen MR) is 99.6 cm³/mol. The van der Waals surface area contributed by atoms with Gasteiger partial charge in [0.05, 0.1) is 12.6 Å². The van der Waals surface area contributed by atoms with Gasteiger partial charge in [0.15, 0.2) is 6.61 Å². The summed E-state index contributed by atoms with van der Waals surface area (Å²) in [4.78, 5) is 11.9. The van der Waals surface area contributed by atoms with Gasteiger partial charge in [-0.05, 0) is 49.2 Å². The van der Waals surface area contributed by atoms with E-state index in [1.54, 1.807) is 19.1 Å². The molecule has 2 aromatic rings. The summed E-state index contributed by atoms with van der Waals surface area (Å²) in [5.41, 5.74) is 1.83. The van der Waals surface area contributed by atoms with Crippen LogP contribution in [0.2, 0.25) is 0 Å². The normalized spacial score (nSPS) is 12.2. The van der Waals surface area contributed by atoms with Crippen LogP contribution in [0.25, 0.3) is 0 Å². The Bertz CT molecular complexity index is 764. The maximum absolute atomic E-state index is 12.1. The number of benzene rings is 2. The van der Waals surface area contributed by atoms with Crippen LogP contribution in [-0.4, -0.2) is 32.0 Å². The van der Waals surface area contributed by atoms with Crippen molar-refractivity contribution in [2.75, 3.05) is 19.8 Å². The van der Waals surface area contributed by atoms with Gasteiger partial charge in [0.25, 0.3) is 0 Å². The minimum Gasteiger partial charge on any atom is -0.492 e. The highest BCUT2D eigenvalue weighted by atomic mass is 19.4. The number of alkyl halides is 3. The molecule has 0 saturated heterocycles. The van der Waals surface area contributed by atoms with E-state index in [1.807, 2.05) is 31.2 Å². The molecule has 5 nitrogen and oxygen atoms in total. The first-order valence-corrected chi connectivity index (χ1v) is 8.76. The lowest BCUT2D eigenvalue weighted by atomic mass is 10.1. The van der Waals surface area contributed by atoms with Crippen molar-refractivity contribution >= 4 is 6.03 Å². The summed E-state index contributed by atoms with van der Waals surface area (Å²) in [5.74, 6) is 0.856. The van der Waals surface area contributed by atoms with E-state index in [1.165, 1.54) is 12.1 Å². The van der Waals surface area contributed by atoms with E-state index in [4.69, 9.17) is 4.74 Å². The minimum atomic E-state index is -4.38. The quantitative estimate of drug-likeness (QED) is 0.652. The summed E-state index contributed by atoms with van der Waals surface area (Å²) in [7, 11) is 0. The molecular weight excluding hydrogens is 373 g/mol. The molecule has 1 unspecified atom stereocenters. The first-order chi connectivity index (χ1) is 13.2. The van der Waals surface area contributed by atoms with Crippen LogP contribution in [0.5, 0.6) is 11.5 Å². The number of urea groups is 1. The molecule has 2 N–H and O–H groups in total. The Kier molecular flexibility index (Phi) is 7.54. The van der Waals surface area contributed by atoms with Gasteiger partial charge in [-0.2, -0.15) is 13.2 Å². The molecule has 0 radical (unpaired) electrons. The molecule has 0 aliphatic heterocycles. The zero-order valence-electron chi connectivity index (χ0n) is 15.7. The molecule has 0 aliphatic carbocycles. The van der Waals surface area contributed by atoms with Crippen molar-refractivity contribution in [2.45, 2.75) is 26.1 Å². The minimum absolute atomic E-state index is 0.117. The van der Waals surface area contributed by atoms with Crippen LogP contribution in [0.4, 0.5) is 18.0 Å². The summed E-state index contributed by atoms with van der Waals surface area (Å²) in [6.07, 6.45) is -4.38. The highest BCUT2D eigenvalue weighted by molar-refractivity contribution is 5.74. The van der Waals surface area contributed by atoms with E-state index in [0.29, 0.717) is 13.2 Å². The maximum atomic E-state index is 12.1. The predicted octanol–water partition coefficient (Wildman–Crippen LogP) is 4.38. The number of nitrogens with one attached hydrogen (secondary N) is 2. The lowest BCUT2D eigenvalue weighted by Crippen LogP contribution is -2.38. The third-order valence-corrected chi connectivity index (χ3v) is 3.78. The van der Waals surface area contributed by atoms with Gasteiger partial charge in [0, 0.05) is 0 Å². The summed E-state index contributed by atoms with van der Waals surface area (Å²) in [6, 6.07) is 13.0. The molecule has 0 saturated carbocycles. The van der Waals surface area contributed by atoms with Crippen molar-refractivity contribution in [1.82, 2.24) is 10.6 Å². The van der Waals surface area contributed by atoms with Crippen molar-refractivity contribution < 1.29 is 27.4 Å². The molecule has 0 bridgehead atoms. The molecule has 28 heavy (non-hydrogen) atoms. The van der Waals surface area contributed by atoms with E-state index in [-0.39, 0.29) is 17.8 Å². The average Bonchev–Trinajstić information content (AvgIpc) is 2.63. The molecule has 1 atom stereocenters. The molecule has 2 rings (SSSR count). The van der Waals surface area contributed by atoms with Crippen LogP contribution in [0, 0.1) is 6.92 Å². The molecule has 0 aliphatic rings. The molecule has 2 aromatic carbocycles. The molecule has 8 heteroatoms. The van der Waals surface area contributed by atoms with Gasteiger partial charge in [-0.1, -0.05) is 24.3 Å². The largest absolute Gasteiger partial charge is 0.492 e. The second kappa shape index (κ2) is 9.87. The van der Waals surface area contributed by atoms with Crippen LogP contribution >= 0.6 is 0 Å². The van der Waals surface area contributed by atoms with Crippen LogP contribution in [0.3, 0.4) is 0 Å². The topological polar surface area (TPSA) is 59.6 Å². The van der Waals surface area contributed by atoms with Crippen LogP contribution in [0.1, 0.15) is 24.1 Å². The second-order valence-corrected chi connectivity index (χ2v) is 6.26. The Morgan fingerprint density at radius 3 is 2.43 bits per heavy atom.